The standard InChI is InChI=1S/C20H26O6/c1-19(8-6-12-7-9-26-11-12)14(18(24)25)10-16(21)20(2)13(17(22)23)4-3-5-15(19)20/h4,7,9,11,14-16,21H,3,5-6,8,10H2,1-2H3,(H,22,23)(H,24,25). The van der Waals surface area contributed by atoms with Gasteiger partial charge in [0.05, 0.1) is 24.5 Å². The van der Waals surface area contributed by atoms with Gasteiger partial charge in [-0.05, 0) is 55.1 Å². The van der Waals surface area contributed by atoms with E-state index in [1.54, 1.807) is 25.5 Å². The van der Waals surface area contributed by atoms with Crippen molar-refractivity contribution in [2.75, 3.05) is 0 Å². The van der Waals surface area contributed by atoms with Crippen molar-refractivity contribution in [1.82, 2.24) is 0 Å². The van der Waals surface area contributed by atoms with Crippen LogP contribution in [0.15, 0.2) is 34.7 Å². The lowest BCUT2D eigenvalue weighted by Gasteiger charge is -2.58. The van der Waals surface area contributed by atoms with Gasteiger partial charge in [0.15, 0.2) is 0 Å². The summed E-state index contributed by atoms with van der Waals surface area (Å²) in [6.45, 7) is 3.74. The summed E-state index contributed by atoms with van der Waals surface area (Å²) in [6.07, 6.45) is 6.53. The average molecular weight is 362 g/mol. The quantitative estimate of drug-likeness (QED) is 0.743. The Hall–Kier alpha value is -2.08. The number of aryl methyl sites for hydroxylation is 1. The second-order valence-corrected chi connectivity index (χ2v) is 8.12. The van der Waals surface area contributed by atoms with E-state index in [1.807, 2.05) is 13.0 Å². The molecule has 1 aromatic rings. The van der Waals surface area contributed by atoms with E-state index in [1.165, 1.54) is 0 Å². The number of fused-ring (bicyclic) bond motifs is 1. The van der Waals surface area contributed by atoms with Gasteiger partial charge >= 0.3 is 11.9 Å². The molecule has 1 fully saturated rings. The molecule has 3 rings (SSSR count). The van der Waals surface area contributed by atoms with Crippen molar-refractivity contribution in [3.8, 4) is 0 Å². The van der Waals surface area contributed by atoms with Crippen molar-refractivity contribution in [2.24, 2.45) is 22.7 Å². The molecule has 0 bridgehead atoms. The first-order chi connectivity index (χ1) is 12.2. The van der Waals surface area contributed by atoms with E-state index < -0.39 is 34.8 Å². The minimum absolute atomic E-state index is 0.0643. The minimum atomic E-state index is -1.03. The summed E-state index contributed by atoms with van der Waals surface area (Å²) in [4.78, 5) is 23.8. The maximum atomic E-state index is 12.0. The molecule has 0 spiro atoms. The van der Waals surface area contributed by atoms with Crippen molar-refractivity contribution in [2.45, 2.75) is 52.1 Å². The lowest BCUT2D eigenvalue weighted by Crippen LogP contribution is -2.59. The van der Waals surface area contributed by atoms with E-state index in [4.69, 9.17) is 4.42 Å². The van der Waals surface area contributed by atoms with Crippen molar-refractivity contribution in [3.05, 3.63) is 35.8 Å². The van der Waals surface area contributed by atoms with E-state index in [-0.39, 0.29) is 17.9 Å². The van der Waals surface area contributed by atoms with Gasteiger partial charge in [-0.1, -0.05) is 19.9 Å². The van der Waals surface area contributed by atoms with Gasteiger partial charge in [-0.3, -0.25) is 4.79 Å². The van der Waals surface area contributed by atoms with Crippen LogP contribution in [0.2, 0.25) is 0 Å². The van der Waals surface area contributed by atoms with Gasteiger partial charge < -0.3 is 19.7 Å². The number of aliphatic hydroxyl groups is 1. The molecule has 0 radical (unpaired) electrons. The van der Waals surface area contributed by atoms with Gasteiger partial charge in [0.25, 0.3) is 0 Å². The SMILES string of the molecule is CC1(CCc2ccoc2)C(C(=O)O)CC(O)C2(C)C(C(=O)O)=CCCC12. The van der Waals surface area contributed by atoms with Crippen LogP contribution in [-0.4, -0.2) is 33.4 Å². The molecule has 0 aromatic carbocycles. The van der Waals surface area contributed by atoms with Crippen LogP contribution in [0.25, 0.3) is 0 Å². The zero-order valence-corrected chi connectivity index (χ0v) is 15.1. The molecule has 0 amide bonds. The van der Waals surface area contributed by atoms with Crippen LogP contribution in [0.1, 0.15) is 45.1 Å². The fourth-order valence-corrected chi connectivity index (χ4v) is 5.41. The molecule has 6 nitrogen and oxygen atoms in total. The summed E-state index contributed by atoms with van der Waals surface area (Å²) in [5.41, 5.74) is -0.347. The highest BCUT2D eigenvalue weighted by Crippen LogP contribution is 2.62. The van der Waals surface area contributed by atoms with E-state index >= 15 is 0 Å². The second-order valence-electron chi connectivity index (χ2n) is 8.12. The maximum absolute atomic E-state index is 12.0. The fourth-order valence-electron chi connectivity index (χ4n) is 5.41. The van der Waals surface area contributed by atoms with Crippen molar-refractivity contribution < 1.29 is 29.3 Å². The second kappa shape index (κ2) is 6.58. The highest BCUT2D eigenvalue weighted by Gasteiger charge is 2.61. The van der Waals surface area contributed by atoms with Crippen molar-refractivity contribution in [1.29, 1.82) is 0 Å². The Morgan fingerprint density at radius 1 is 1.31 bits per heavy atom. The van der Waals surface area contributed by atoms with E-state index in [0.717, 1.165) is 5.56 Å². The Kier molecular flexibility index (Phi) is 4.73. The molecule has 2 aliphatic carbocycles. The molecule has 1 saturated carbocycles. The van der Waals surface area contributed by atoms with Crippen LogP contribution >= 0.6 is 0 Å². The van der Waals surface area contributed by atoms with Crippen molar-refractivity contribution in [3.63, 3.8) is 0 Å². The molecule has 6 heteroatoms. The molecule has 1 heterocycles. The number of aliphatic hydroxyl groups excluding tert-OH is 1. The summed E-state index contributed by atoms with van der Waals surface area (Å²) in [5, 5.41) is 30.3. The number of carbonyl (C=O) groups is 2. The van der Waals surface area contributed by atoms with Gasteiger partial charge in [0.1, 0.15) is 0 Å². The largest absolute Gasteiger partial charge is 0.481 e. The normalized spacial score (nSPS) is 36.9. The molecule has 5 unspecified atom stereocenters. The first kappa shape index (κ1) is 18.7. The lowest BCUT2D eigenvalue weighted by molar-refractivity contribution is -0.172. The topological polar surface area (TPSA) is 108 Å². The summed E-state index contributed by atoms with van der Waals surface area (Å²) in [7, 11) is 0. The van der Waals surface area contributed by atoms with Crippen LogP contribution in [0.5, 0.6) is 0 Å². The molecule has 3 N–H and O–H groups in total. The van der Waals surface area contributed by atoms with E-state index in [0.29, 0.717) is 25.7 Å². The number of rotatable bonds is 5. The molecule has 26 heavy (non-hydrogen) atoms. The third-order valence-electron chi connectivity index (χ3n) is 6.91. The summed E-state index contributed by atoms with van der Waals surface area (Å²) in [6, 6.07) is 1.86. The number of carboxylic acid groups (broad SMARTS) is 2. The predicted octanol–water partition coefficient (Wildman–Crippen LogP) is 3.11. The zero-order valence-electron chi connectivity index (χ0n) is 15.1. The van der Waals surface area contributed by atoms with Gasteiger partial charge in [-0.25, -0.2) is 4.79 Å². The fraction of sp³-hybridized carbons (Fsp3) is 0.600. The predicted molar refractivity (Wildman–Crippen MR) is 93.4 cm³/mol. The van der Waals surface area contributed by atoms with Gasteiger partial charge in [0.2, 0.25) is 0 Å². The first-order valence-electron chi connectivity index (χ1n) is 9.07. The smallest absolute Gasteiger partial charge is 0.331 e. The van der Waals surface area contributed by atoms with Gasteiger partial charge in [-0.2, -0.15) is 0 Å². The molecule has 0 aliphatic heterocycles. The molecular formula is C20H26O6. The van der Waals surface area contributed by atoms with E-state index in [2.05, 4.69) is 0 Å². The van der Waals surface area contributed by atoms with Gasteiger partial charge in [-0.15, -0.1) is 0 Å². The number of hydrogen-bond acceptors (Lipinski definition) is 4. The molecule has 1 aromatic heterocycles. The molecule has 2 aliphatic rings. The molecule has 0 saturated heterocycles. The number of aliphatic carboxylic acids is 2. The minimum Gasteiger partial charge on any atom is -0.481 e. The third-order valence-corrected chi connectivity index (χ3v) is 6.91. The van der Waals surface area contributed by atoms with Crippen LogP contribution < -0.4 is 0 Å². The zero-order chi connectivity index (χ0) is 19.1. The Labute approximate surface area is 152 Å². The van der Waals surface area contributed by atoms with Crippen LogP contribution in [0.3, 0.4) is 0 Å². The first-order valence-corrected chi connectivity index (χ1v) is 9.07. The number of furan rings is 1. The lowest BCUT2D eigenvalue weighted by atomic mass is 9.45. The van der Waals surface area contributed by atoms with E-state index in [9.17, 15) is 24.9 Å². The van der Waals surface area contributed by atoms with Crippen LogP contribution in [0.4, 0.5) is 0 Å². The summed E-state index contributed by atoms with van der Waals surface area (Å²) >= 11 is 0. The number of hydrogen-bond donors (Lipinski definition) is 3. The highest BCUT2D eigenvalue weighted by molar-refractivity contribution is 5.89. The van der Waals surface area contributed by atoms with Crippen LogP contribution in [0, 0.1) is 22.7 Å². The Morgan fingerprint density at radius 3 is 2.62 bits per heavy atom. The number of carboxylic acids is 2. The Balaban J connectivity index is 2.02. The van der Waals surface area contributed by atoms with Crippen LogP contribution in [-0.2, 0) is 16.0 Å². The Bertz CT molecular complexity index is 721. The summed E-state index contributed by atoms with van der Waals surface area (Å²) < 4.78 is 5.11. The maximum Gasteiger partial charge on any atom is 0.331 e. The third kappa shape index (κ3) is 2.76. The monoisotopic (exact) mass is 362 g/mol. The number of allylic oxidation sites excluding steroid dienone is 1. The molecule has 142 valence electrons. The Morgan fingerprint density at radius 2 is 2.04 bits per heavy atom. The molecule has 5 atom stereocenters. The van der Waals surface area contributed by atoms with Crippen molar-refractivity contribution >= 4 is 11.9 Å². The summed E-state index contributed by atoms with van der Waals surface area (Å²) in [5.74, 6) is -2.88. The average Bonchev–Trinajstić information content (AvgIpc) is 3.09. The highest BCUT2D eigenvalue weighted by atomic mass is 16.4. The molecular weight excluding hydrogens is 336 g/mol. The van der Waals surface area contributed by atoms with Gasteiger partial charge in [0, 0.05) is 11.0 Å².